The molecule has 0 saturated heterocycles. The highest BCUT2D eigenvalue weighted by atomic mass is 35.5. The molecule has 0 aliphatic heterocycles. The lowest BCUT2D eigenvalue weighted by Crippen LogP contribution is -2.30. The summed E-state index contributed by atoms with van der Waals surface area (Å²) in [6.07, 6.45) is 7.46. The van der Waals surface area contributed by atoms with Gasteiger partial charge in [0.15, 0.2) is 0 Å². The van der Waals surface area contributed by atoms with Crippen LogP contribution in [-0.4, -0.2) is 19.1 Å². The Morgan fingerprint density at radius 1 is 1.19 bits per heavy atom. The Kier molecular flexibility index (Phi) is 4.75. The van der Waals surface area contributed by atoms with Crippen molar-refractivity contribution < 1.29 is 0 Å². The molecule has 2 saturated carbocycles. The third-order valence-electron chi connectivity index (χ3n) is 4.78. The van der Waals surface area contributed by atoms with Crippen molar-refractivity contribution in [2.75, 3.05) is 18.0 Å². The monoisotopic (exact) mass is 306 g/mol. The molecular formula is C18H27ClN2. The molecule has 2 nitrogen and oxygen atoms in total. The van der Waals surface area contributed by atoms with Gasteiger partial charge in [-0.15, -0.1) is 0 Å². The van der Waals surface area contributed by atoms with Gasteiger partial charge in [-0.25, -0.2) is 0 Å². The Labute approximate surface area is 133 Å². The van der Waals surface area contributed by atoms with E-state index in [4.69, 9.17) is 17.3 Å². The zero-order valence-corrected chi connectivity index (χ0v) is 13.8. The largest absolute Gasteiger partial charge is 0.371 e. The lowest BCUT2D eigenvalue weighted by molar-refractivity contribution is 0.636. The van der Waals surface area contributed by atoms with Gasteiger partial charge in [-0.05, 0) is 68.1 Å². The molecule has 2 fully saturated rings. The van der Waals surface area contributed by atoms with Gasteiger partial charge >= 0.3 is 0 Å². The van der Waals surface area contributed by atoms with Gasteiger partial charge in [-0.2, -0.15) is 0 Å². The van der Waals surface area contributed by atoms with Crippen molar-refractivity contribution in [3.8, 4) is 0 Å². The Balaban J connectivity index is 1.83. The van der Waals surface area contributed by atoms with Crippen LogP contribution in [0.25, 0.3) is 0 Å². The van der Waals surface area contributed by atoms with Gasteiger partial charge in [-0.3, -0.25) is 0 Å². The molecule has 2 aliphatic carbocycles. The van der Waals surface area contributed by atoms with Crippen LogP contribution in [0.15, 0.2) is 18.2 Å². The Morgan fingerprint density at radius 2 is 1.81 bits per heavy atom. The first kappa shape index (κ1) is 15.2. The summed E-state index contributed by atoms with van der Waals surface area (Å²) in [5, 5.41) is 0.882. The molecule has 3 heteroatoms. The van der Waals surface area contributed by atoms with Crippen LogP contribution >= 0.6 is 11.6 Å². The summed E-state index contributed by atoms with van der Waals surface area (Å²) in [6, 6.07) is 6.54. The molecule has 0 heterocycles. The molecule has 1 atom stereocenters. The fourth-order valence-electron chi connectivity index (χ4n) is 2.95. The number of hydrogen-bond acceptors (Lipinski definition) is 2. The Hall–Kier alpha value is -0.730. The van der Waals surface area contributed by atoms with E-state index in [0.717, 1.165) is 29.7 Å². The standard InChI is InChI=1S/C18H27ClN2/c1-2-15(20)10-16-17(19)4-3-5-18(16)21(11-13-6-7-13)12-14-8-9-14/h3-5,13-15H,2,6-12,20H2,1H3. The van der Waals surface area contributed by atoms with Crippen molar-refractivity contribution in [1.29, 1.82) is 0 Å². The van der Waals surface area contributed by atoms with E-state index in [0.29, 0.717) is 0 Å². The molecular weight excluding hydrogens is 280 g/mol. The molecule has 0 aromatic heterocycles. The number of hydrogen-bond donors (Lipinski definition) is 1. The SMILES string of the molecule is CCC(N)Cc1c(Cl)cccc1N(CC1CC1)CC1CC1. The maximum atomic E-state index is 6.50. The first-order chi connectivity index (χ1) is 10.2. The fraction of sp³-hybridized carbons (Fsp3) is 0.667. The summed E-state index contributed by atoms with van der Waals surface area (Å²) in [4.78, 5) is 2.60. The zero-order chi connectivity index (χ0) is 14.8. The molecule has 1 aromatic rings. The van der Waals surface area contributed by atoms with Gasteiger partial charge < -0.3 is 10.6 Å². The highest BCUT2D eigenvalue weighted by Gasteiger charge is 2.30. The van der Waals surface area contributed by atoms with Crippen molar-refractivity contribution in [1.82, 2.24) is 0 Å². The van der Waals surface area contributed by atoms with Gasteiger partial charge in [-0.1, -0.05) is 24.6 Å². The molecule has 0 spiro atoms. The maximum absolute atomic E-state index is 6.50. The van der Waals surface area contributed by atoms with Crippen LogP contribution in [0.3, 0.4) is 0 Å². The molecule has 2 N–H and O–H groups in total. The average Bonchev–Trinajstić information content (AvgIpc) is 3.36. The van der Waals surface area contributed by atoms with Crippen LogP contribution in [0.1, 0.15) is 44.6 Å². The van der Waals surface area contributed by atoms with Crippen LogP contribution in [-0.2, 0) is 6.42 Å². The first-order valence-corrected chi connectivity index (χ1v) is 8.83. The summed E-state index contributed by atoms with van der Waals surface area (Å²) >= 11 is 6.50. The first-order valence-electron chi connectivity index (χ1n) is 8.45. The molecule has 0 radical (unpaired) electrons. The third kappa shape index (κ3) is 4.14. The molecule has 1 unspecified atom stereocenters. The Morgan fingerprint density at radius 3 is 2.33 bits per heavy atom. The van der Waals surface area contributed by atoms with E-state index in [-0.39, 0.29) is 6.04 Å². The van der Waals surface area contributed by atoms with E-state index in [1.165, 1.54) is 50.0 Å². The summed E-state index contributed by atoms with van der Waals surface area (Å²) in [6.45, 7) is 4.55. The lowest BCUT2D eigenvalue weighted by Gasteiger charge is -2.28. The second kappa shape index (κ2) is 6.58. The molecule has 3 rings (SSSR count). The Bertz CT molecular complexity index is 466. The van der Waals surface area contributed by atoms with Gasteiger partial charge in [0, 0.05) is 29.8 Å². The zero-order valence-electron chi connectivity index (χ0n) is 13.0. The van der Waals surface area contributed by atoms with E-state index in [2.05, 4.69) is 24.0 Å². The summed E-state index contributed by atoms with van der Waals surface area (Å²) in [5.74, 6) is 1.80. The van der Waals surface area contributed by atoms with E-state index >= 15 is 0 Å². The fourth-order valence-corrected chi connectivity index (χ4v) is 3.19. The number of benzene rings is 1. The minimum absolute atomic E-state index is 0.201. The maximum Gasteiger partial charge on any atom is 0.0459 e. The summed E-state index contributed by atoms with van der Waals surface area (Å²) in [7, 11) is 0. The molecule has 116 valence electrons. The van der Waals surface area contributed by atoms with Crippen molar-refractivity contribution in [3.63, 3.8) is 0 Å². The van der Waals surface area contributed by atoms with E-state index < -0.39 is 0 Å². The van der Waals surface area contributed by atoms with Gasteiger partial charge in [0.2, 0.25) is 0 Å². The van der Waals surface area contributed by atoms with E-state index in [1.807, 2.05) is 6.07 Å². The van der Waals surface area contributed by atoms with E-state index in [9.17, 15) is 0 Å². The predicted molar refractivity (Wildman–Crippen MR) is 91.1 cm³/mol. The second-order valence-electron chi connectivity index (χ2n) is 6.90. The van der Waals surface area contributed by atoms with Crippen LogP contribution in [0.2, 0.25) is 5.02 Å². The number of halogens is 1. The van der Waals surface area contributed by atoms with Gasteiger partial charge in [0.05, 0.1) is 0 Å². The van der Waals surface area contributed by atoms with Crippen molar-refractivity contribution in [2.45, 2.75) is 51.5 Å². The molecule has 0 amide bonds. The number of anilines is 1. The number of nitrogens with zero attached hydrogens (tertiary/aromatic N) is 1. The predicted octanol–water partition coefficient (Wildman–Crippen LogP) is 4.25. The minimum atomic E-state index is 0.201. The normalized spacial score (nSPS) is 19.6. The average molecular weight is 307 g/mol. The van der Waals surface area contributed by atoms with Crippen LogP contribution in [0.5, 0.6) is 0 Å². The minimum Gasteiger partial charge on any atom is -0.371 e. The van der Waals surface area contributed by atoms with Gasteiger partial charge in [0.25, 0.3) is 0 Å². The summed E-state index contributed by atoms with van der Waals surface area (Å²) < 4.78 is 0. The third-order valence-corrected chi connectivity index (χ3v) is 5.13. The highest BCUT2D eigenvalue weighted by Crippen LogP contribution is 2.38. The van der Waals surface area contributed by atoms with Crippen molar-refractivity contribution >= 4 is 17.3 Å². The van der Waals surface area contributed by atoms with E-state index in [1.54, 1.807) is 0 Å². The molecule has 21 heavy (non-hydrogen) atoms. The van der Waals surface area contributed by atoms with Crippen molar-refractivity contribution in [3.05, 3.63) is 28.8 Å². The second-order valence-corrected chi connectivity index (χ2v) is 7.31. The number of nitrogens with two attached hydrogens (primary N) is 1. The molecule has 0 bridgehead atoms. The molecule has 1 aromatic carbocycles. The quantitative estimate of drug-likeness (QED) is 0.778. The topological polar surface area (TPSA) is 29.3 Å². The molecule has 2 aliphatic rings. The van der Waals surface area contributed by atoms with Crippen LogP contribution in [0.4, 0.5) is 5.69 Å². The van der Waals surface area contributed by atoms with Gasteiger partial charge in [0.1, 0.15) is 0 Å². The lowest BCUT2D eigenvalue weighted by atomic mass is 10.0. The highest BCUT2D eigenvalue weighted by molar-refractivity contribution is 6.31. The number of rotatable bonds is 8. The van der Waals surface area contributed by atoms with Crippen LogP contribution in [0, 0.1) is 11.8 Å². The summed E-state index contributed by atoms with van der Waals surface area (Å²) in [5.41, 5.74) is 8.79. The van der Waals surface area contributed by atoms with Crippen LogP contribution < -0.4 is 10.6 Å². The smallest absolute Gasteiger partial charge is 0.0459 e. The van der Waals surface area contributed by atoms with Crippen molar-refractivity contribution in [2.24, 2.45) is 17.6 Å².